The normalized spacial score (nSPS) is 13.7. The number of aliphatic hydroxyl groups is 1. The third kappa shape index (κ3) is 81.9. The molecule has 0 bridgehead atoms. The van der Waals surface area contributed by atoms with Crippen LogP contribution in [0.25, 0.3) is 0 Å². The fraction of sp³-hybridized carbons (Fsp3) is 0.955. The highest BCUT2D eigenvalue weighted by Gasteiger charge is 2.30. The Kier molecular flexibility index (Phi) is 79.2. The second-order valence-electron chi connectivity index (χ2n) is 32.1. The number of aliphatic hydroxyl groups excluding tert-OH is 1. The van der Waals surface area contributed by atoms with Crippen molar-refractivity contribution in [1.82, 2.24) is 0 Å². The Labute approximate surface area is 658 Å². The molecule has 0 fully saturated rings. The molecule has 0 rings (SSSR count). The number of hydrogen-bond donors (Lipinski definition) is 3. The lowest BCUT2D eigenvalue weighted by Gasteiger charge is -2.21. The van der Waals surface area contributed by atoms with Gasteiger partial charge in [0.15, 0.2) is 12.2 Å². The summed E-state index contributed by atoms with van der Waals surface area (Å²) in [5.74, 6) is -1.29. The van der Waals surface area contributed by atoms with Gasteiger partial charge in [-0.05, 0) is 31.6 Å². The van der Waals surface area contributed by atoms with Gasteiger partial charge in [-0.1, -0.05) is 426 Å². The topological polar surface area (TPSA) is 237 Å². The van der Waals surface area contributed by atoms with Crippen LogP contribution in [0.5, 0.6) is 0 Å². The van der Waals surface area contributed by atoms with E-state index in [1.165, 1.54) is 302 Å². The van der Waals surface area contributed by atoms with E-state index in [9.17, 15) is 43.2 Å². The number of unbranched alkanes of at least 4 members (excludes halogenated alkanes) is 60. The van der Waals surface area contributed by atoms with Crippen LogP contribution in [0.15, 0.2) is 0 Å². The van der Waals surface area contributed by atoms with Gasteiger partial charge < -0.3 is 33.8 Å². The fourth-order valence-electron chi connectivity index (χ4n) is 13.8. The van der Waals surface area contributed by atoms with Gasteiger partial charge in [-0.2, -0.15) is 0 Å². The minimum Gasteiger partial charge on any atom is -0.462 e. The Hall–Kier alpha value is -1.94. The van der Waals surface area contributed by atoms with Crippen molar-refractivity contribution in [2.75, 3.05) is 39.6 Å². The molecule has 0 aliphatic heterocycles. The van der Waals surface area contributed by atoms with Crippen molar-refractivity contribution in [3.63, 3.8) is 0 Å². The van der Waals surface area contributed by atoms with Gasteiger partial charge in [0.2, 0.25) is 0 Å². The molecular formula is C88H172O17P2. The molecule has 636 valence electrons. The predicted molar refractivity (Wildman–Crippen MR) is 442 cm³/mol. The molecule has 0 radical (unpaired) electrons. The maximum atomic E-state index is 13.2. The van der Waals surface area contributed by atoms with E-state index in [4.69, 9.17) is 37.0 Å². The maximum absolute atomic E-state index is 13.2. The summed E-state index contributed by atoms with van der Waals surface area (Å²) in [6, 6.07) is 0. The first-order chi connectivity index (χ1) is 52.0. The highest BCUT2D eigenvalue weighted by molar-refractivity contribution is 7.47. The van der Waals surface area contributed by atoms with Crippen LogP contribution in [0.2, 0.25) is 0 Å². The first-order valence-corrected chi connectivity index (χ1v) is 48.6. The number of phosphoric acid groups is 2. The van der Waals surface area contributed by atoms with Gasteiger partial charge in [-0.3, -0.25) is 37.3 Å². The van der Waals surface area contributed by atoms with Gasteiger partial charge >= 0.3 is 39.5 Å². The van der Waals surface area contributed by atoms with Crippen LogP contribution in [0, 0.1) is 5.92 Å². The molecule has 2 unspecified atom stereocenters. The molecule has 0 saturated heterocycles. The van der Waals surface area contributed by atoms with Crippen LogP contribution >= 0.6 is 15.6 Å². The molecule has 17 nitrogen and oxygen atoms in total. The third-order valence-corrected chi connectivity index (χ3v) is 22.7. The van der Waals surface area contributed by atoms with Gasteiger partial charge in [0.1, 0.15) is 19.3 Å². The Balaban J connectivity index is 5.22. The number of phosphoric ester groups is 2. The second kappa shape index (κ2) is 80.7. The zero-order valence-electron chi connectivity index (χ0n) is 70.3. The Morgan fingerprint density at radius 3 is 0.636 bits per heavy atom. The molecule has 0 aromatic heterocycles. The van der Waals surface area contributed by atoms with Crippen molar-refractivity contribution in [3.8, 4) is 0 Å². The highest BCUT2D eigenvalue weighted by Crippen LogP contribution is 2.45. The summed E-state index contributed by atoms with van der Waals surface area (Å²) in [5, 5.41) is 10.7. The summed E-state index contributed by atoms with van der Waals surface area (Å²) in [6.07, 6.45) is 75.0. The zero-order chi connectivity index (χ0) is 78.3. The van der Waals surface area contributed by atoms with Gasteiger partial charge in [0, 0.05) is 25.7 Å². The van der Waals surface area contributed by atoms with E-state index >= 15 is 0 Å². The van der Waals surface area contributed by atoms with Crippen molar-refractivity contribution in [3.05, 3.63) is 0 Å². The molecule has 0 saturated carbocycles. The number of carbonyl (C=O) groups is 4. The van der Waals surface area contributed by atoms with Crippen LogP contribution in [0.3, 0.4) is 0 Å². The van der Waals surface area contributed by atoms with Crippen molar-refractivity contribution < 1.29 is 80.2 Å². The zero-order valence-corrected chi connectivity index (χ0v) is 72.1. The summed E-state index contributed by atoms with van der Waals surface area (Å²) in [4.78, 5) is 73.3. The quantitative estimate of drug-likeness (QED) is 0.0222. The molecule has 107 heavy (non-hydrogen) atoms. The largest absolute Gasteiger partial charge is 0.472 e. The van der Waals surface area contributed by atoms with E-state index in [1.807, 2.05) is 0 Å². The molecular weight excluding hydrogens is 1390 g/mol. The van der Waals surface area contributed by atoms with E-state index in [1.54, 1.807) is 0 Å². The standard InChI is InChI=1S/C88H172O17P2/c1-6-9-12-15-18-21-24-26-28-30-32-34-39-43-47-52-57-62-67-72-86(91)99-78-84(105-88(93)74-69-64-59-54-49-45-41-37-36-38-42-46-50-55-60-65-70-81(4)5)80-103-107(96,97)101-76-82(89)75-100-106(94,95)102-79-83(77-98-85(90)71-66-61-56-51-23-20-17-14-11-8-3)104-87(92)73-68-63-58-53-48-44-40-35-33-31-29-27-25-22-19-16-13-10-7-2/h81-84,89H,6-80H2,1-5H3,(H,94,95)(H,96,97)/t82-,83+,84+/m0/s1. The van der Waals surface area contributed by atoms with E-state index in [2.05, 4.69) is 34.6 Å². The highest BCUT2D eigenvalue weighted by atomic mass is 31.2. The molecule has 0 aliphatic rings. The first-order valence-electron chi connectivity index (χ1n) is 45.6. The van der Waals surface area contributed by atoms with Gasteiger partial charge in [-0.25, -0.2) is 9.13 Å². The lowest BCUT2D eigenvalue weighted by Crippen LogP contribution is -2.30. The van der Waals surface area contributed by atoms with Crippen LogP contribution in [0.1, 0.15) is 478 Å². The number of ether oxygens (including phenoxy) is 4. The molecule has 0 spiro atoms. The summed E-state index contributed by atoms with van der Waals surface area (Å²) < 4.78 is 69.0. The molecule has 3 N–H and O–H groups in total. The van der Waals surface area contributed by atoms with Gasteiger partial charge in [0.05, 0.1) is 26.4 Å². The summed E-state index contributed by atoms with van der Waals surface area (Å²) in [7, 11) is -9.93. The van der Waals surface area contributed by atoms with E-state index in [0.29, 0.717) is 25.7 Å². The summed E-state index contributed by atoms with van der Waals surface area (Å²) >= 11 is 0. The molecule has 0 amide bonds. The first kappa shape index (κ1) is 105. The van der Waals surface area contributed by atoms with Gasteiger partial charge in [-0.15, -0.1) is 0 Å². The summed E-state index contributed by atoms with van der Waals surface area (Å²) in [5.41, 5.74) is 0. The minimum absolute atomic E-state index is 0.109. The molecule has 0 aromatic rings. The smallest absolute Gasteiger partial charge is 0.462 e. The Bertz CT molecular complexity index is 2030. The fourth-order valence-corrected chi connectivity index (χ4v) is 15.4. The lowest BCUT2D eigenvalue weighted by atomic mass is 10.0. The predicted octanol–water partition coefficient (Wildman–Crippen LogP) is 27.2. The summed E-state index contributed by atoms with van der Waals surface area (Å²) in [6.45, 7) is 7.40. The molecule has 0 heterocycles. The molecule has 0 aromatic carbocycles. The molecule has 5 atom stereocenters. The average molecular weight is 1560 g/mol. The average Bonchev–Trinajstić information content (AvgIpc) is 0.902. The third-order valence-electron chi connectivity index (χ3n) is 20.8. The number of rotatable bonds is 88. The monoisotopic (exact) mass is 1560 g/mol. The van der Waals surface area contributed by atoms with Crippen molar-refractivity contribution >= 4 is 39.5 Å². The Morgan fingerprint density at radius 1 is 0.252 bits per heavy atom. The molecule has 0 aliphatic carbocycles. The van der Waals surface area contributed by atoms with E-state index in [0.717, 1.165) is 95.8 Å². The SMILES string of the molecule is CCCCCCCCCCCCCCCCCCCCCC(=O)OC[C@H](COP(=O)(O)OC[C@@H](O)COP(=O)(O)OC[C@@H](COC(=O)CCCCCCCCCCCC)OC(=O)CCCCCCCCCCCCCCCCCCCCC)OC(=O)CCCCCCCCCCCCCCCCCCC(C)C. The van der Waals surface area contributed by atoms with E-state index < -0.39 is 97.5 Å². The van der Waals surface area contributed by atoms with E-state index in [-0.39, 0.29) is 25.7 Å². The van der Waals surface area contributed by atoms with Crippen LogP contribution in [-0.2, 0) is 65.4 Å². The lowest BCUT2D eigenvalue weighted by molar-refractivity contribution is -0.161. The van der Waals surface area contributed by atoms with Crippen molar-refractivity contribution in [2.45, 2.75) is 496 Å². The van der Waals surface area contributed by atoms with Crippen molar-refractivity contribution in [1.29, 1.82) is 0 Å². The van der Waals surface area contributed by atoms with Crippen LogP contribution in [-0.4, -0.2) is 96.7 Å². The minimum atomic E-state index is -4.97. The van der Waals surface area contributed by atoms with Crippen LogP contribution in [0.4, 0.5) is 0 Å². The number of esters is 4. The van der Waals surface area contributed by atoms with Crippen LogP contribution < -0.4 is 0 Å². The second-order valence-corrected chi connectivity index (χ2v) is 35.0. The maximum Gasteiger partial charge on any atom is 0.472 e. The van der Waals surface area contributed by atoms with Crippen molar-refractivity contribution in [2.24, 2.45) is 5.92 Å². The number of hydrogen-bond acceptors (Lipinski definition) is 15. The van der Waals surface area contributed by atoms with Gasteiger partial charge in [0.25, 0.3) is 0 Å². The molecule has 19 heteroatoms. The Morgan fingerprint density at radius 2 is 0.430 bits per heavy atom. The number of carbonyl (C=O) groups excluding carboxylic acids is 4.